The Bertz CT molecular complexity index is 361. The molecular weight excluding hydrogens is 234 g/mol. The molecule has 4 heteroatoms. The van der Waals surface area contributed by atoms with Crippen LogP contribution in [0.15, 0.2) is 28.9 Å². The highest BCUT2D eigenvalue weighted by Gasteiger charge is 1.96. The Kier molecular flexibility index (Phi) is 3.19. The minimum Gasteiger partial charge on any atom is -0.259 e. The number of rotatable bonds is 2. The summed E-state index contributed by atoms with van der Waals surface area (Å²) in [6.45, 7) is 1.91. The number of hydrogen-bond acceptors (Lipinski definition) is 2. The van der Waals surface area contributed by atoms with E-state index in [0.717, 1.165) is 21.8 Å². The normalized spacial score (nSPS) is 10.6. The maximum atomic E-state index is 10.1. The molecule has 0 N–H and O–H groups in total. The van der Waals surface area contributed by atoms with E-state index in [2.05, 4.69) is 15.9 Å². The molecule has 0 saturated carbocycles. The summed E-state index contributed by atoms with van der Waals surface area (Å²) >= 11 is 3.30. The Labute approximate surface area is 84.4 Å². The van der Waals surface area contributed by atoms with Gasteiger partial charge in [0.25, 0.3) is 0 Å². The number of nitro groups is 1. The molecule has 0 atom stereocenters. The van der Waals surface area contributed by atoms with Crippen molar-refractivity contribution in [1.29, 1.82) is 0 Å². The molecule has 0 saturated heterocycles. The molecule has 0 aliphatic heterocycles. The monoisotopic (exact) mass is 241 g/mol. The van der Waals surface area contributed by atoms with Crippen molar-refractivity contribution in [2.24, 2.45) is 0 Å². The Morgan fingerprint density at radius 2 is 2.23 bits per heavy atom. The fraction of sp³-hybridized carbons (Fsp3) is 0.111. The largest absolute Gasteiger partial charge is 0.259 e. The van der Waals surface area contributed by atoms with Crippen LogP contribution in [-0.2, 0) is 0 Å². The third kappa shape index (κ3) is 2.99. The van der Waals surface area contributed by atoms with Gasteiger partial charge in [-0.15, -0.1) is 0 Å². The first-order chi connectivity index (χ1) is 6.09. The van der Waals surface area contributed by atoms with Crippen LogP contribution >= 0.6 is 15.9 Å². The van der Waals surface area contributed by atoms with Crippen molar-refractivity contribution in [3.05, 3.63) is 50.1 Å². The van der Waals surface area contributed by atoms with Crippen LogP contribution in [0.25, 0.3) is 6.08 Å². The third-order valence-corrected chi connectivity index (χ3v) is 2.11. The highest BCUT2D eigenvalue weighted by molar-refractivity contribution is 9.10. The summed E-state index contributed by atoms with van der Waals surface area (Å²) in [7, 11) is 0. The van der Waals surface area contributed by atoms with Crippen molar-refractivity contribution < 1.29 is 4.92 Å². The van der Waals surface area contributed by atoms with Crippen LogP contribution in [0.3, 0.4) is 0 Å². The average Bonchev–Trinajstić information content (AvgIpc) is 2.06. The fourth-order valence-electron chi connectivity index (χ4n) is 0.932. The van der Waals surface area contributed by atoms with Gasteiger partial charge in [0.1, 0.15) is 0 Å². The van der Waals surface area contributed by atoms with Crippen LogP contribution in [-0.4, -0.2) is 4.92 Å². The zero-order valence-corrected chi connectivity index (χ0v) is 8.61. The summed E-state index contributed by atoms with van der Waals surface area (Å²) in [5.41, 5.74) is 1.87. The molecular formula is C9H8BrNO2. The predicted molar refractivity (Wildman–Crippen MR) is 54.9 cm³/mol. The van der Waals surface area contributed by atoms with Gasteiger partial charge in [-0.25, -0.2) is 0 Å². The molecule has 0 bridgehead atoms. The molecule has 0 spiro atoms. The van der Waals surface area contributed by atoms with Crippen LogP contribution in [0.4, 0.5) is 0 Å². The Morgan fingerprint density at radius 1 is 1.54 bits per heavy atom. The summed E-state index contributed by atoms with van der Waals surface area (Å²) in [6.07, 6.45) is 2.43. The smallest absolute Gasteiger partial charge is 0.235 e. The molecule has 1 aromatic carbocycles. The van der Waals surface area contributed by atoms with E-state index in [1.165, 1.54) is 6.08 Å². The number of aryl methyl sites for hydroxylation is 1. The summed E-state index contributed by atoms with van der Waals surface area (Å²) < 4.78 is 0.918. The molecule has 1 aromatic rings. The maximum Gasteiger partial charge on any atom is 0.235 e. The molecule has 1 rings (SSSR count). The molecule has 0 aromatic heterocycles. The lowest BCUT2D eigenvalue weighted by Gasteiger charge is -1.98. The minimum absolute atomic E-state index is 0.472. The Hall–Kier alpha value is -1.16. The lowest BCUT2D eigenvalue weighted by atomic mass is 10.1. The summed E-state index contributed by atoms with van der Waals surface area (Å²) in [6, 6.07) is 5.65. The van der Waals surface area contributed by atoms with Crippen molar-refractivity contribution in [2.45, 2.75) is 6.92 Å². The summed E-state index contributed by atoms with van der Waals surface area (Å²) in [5, 5.41) is 10.1. The SMILES string of the molecule is Cc1ccc(Br)cc1/C=C/[N+](=O)[O-]. The maximum absolute atomic E-state index is 10.1. The van der Waals surface area contributed by atoms with E-state index in [1.807, 2.05) is 25.1 Å². The van der Waals surface area contributed by atoms with Gasteiger partial charge in [0.05, 0.1) is 4.92 Å². The highest BCUT2D eigenvalue weighted by atomic mass is 79.9. The molecule has 68 valence electrons. The molecule has 13 heavy (non-hydrogen) atoms. The Balaban J connectivity index is 3.00. The van der Waals surface area contributed by atoms with Gasteiger partial charge in [0, 0.05) is 10.5 Å². The fourth-order valence-corrected chi connectivity index (χ4v) is 1.31. The van der Waals surface area contributed by atoms with E-state index >= 15 is 0 Å². The van der Waals surface area contributed by atoms with E-state index in [0.29, 0.717) is 0 Å². The number of benzene rings is 1. The number of nitrogens with zero attached hydrogens (tertiary/aromatic N) is 1. The zero-order valence-electron chi connectivity index (χ0n) is 7.03. The van der Waals surface area contributed by atoms with E-state index in [1.54, 1.807) is 0 Å². The topological polar surface area (TPSA) is 43.1 Å². The molecule has 0 heterocycles. The number of halogens is 1. The molecule has 0 radical (unpaired) electrons. The van der Waals surface area contributed by atoms with Gasteiger partial charge in [0.15, 0.2) is 0 Å². The predicted octanol–water partition coefficient (Wildman–Crippen LogP) is 3.00. The minimum atomic E-state index is -0.472. The molecule has 0 unspecified atom stereocenters. The van der Waals surface area contributed by atoms with Crippen LogP contribution < -0.4 is 0 Å². The second-order valence-electron chi connectivity index (χ2n) is 2.60. The van der Waals surface area contributed by atoms with Gasteiger partial charge in [-0.3, -0.25) is 10.1 Å². The lowest BCUT2D eigenvalue weighted by Crippen LogP contribution is -1.84. The van der Waals surface area contributed by atoms with Crippen LogP contribution in [0.5, 0.6) is 0 Å². The molecule has 0 aliphatic carbocycles. The van der Waals surface area contributed by atoms with Crippen molar-refractivity contribution in [1.82, 2.24) is 0 Å². The van der Waals surface area contributed by atoms with Gasteiger partial charge in [-0.05, 0) is 30.2 Å². The molecule has 3 nitrogen and oxygen atoms in total. The quantitative estimate of drug-likeness (QED) is 0.590. The van der Waals surface area contributed by atoms with Gasteiger partial charge in [-0.2, -0.15) is 0 Å². The van der Waals surface area contributed by atoms with Crippen molar-refractivity contribution >= 4 is 22.0 Å². The molecule has 0 fully saturated rings. The van der Waals surface area contributed by atoms with Crippen LogP contribution in [0.2, 0.25) is 0 Å². The van der Waals surface area contributed by atoms with Gasteiger partial charge < -0.3 is 0 Å². The van der Waals surface area contributed by atoms with Gasteiger partial charge in [-0.1, -0.05) is 22.0 Å². The lowest BCUT2D eigenvalue weighted by molar-refractivity contribution is -0.400. The first-order valence-corrected chi connectivity index (χ1v) is 4.47. The van der Waals surface area contributed by atoms with Crippen molar-refractivity contribution in [2.75, 3.05) is 0 Å². The van der Waals surface area contributed by atoms with Crippen molar-refractivity contribution in [3.63, 3.8) is 0 Å². The van der Waals surface area contributed by atoms with E-state index in [-0.39, 0.29) is 0 Å². The zero-order chi connectivity index (χ0) is 9.84. The third-order valence-electron chi connectivity index (χ3n) is 1.62. The van der Waals surface area contributed by atoms with Gasteiger partial charge in [0.2, 0.25) is 6.20 Å². The molecule has 0 amide bonds. The second kappa shape index (κ2) is 4.18. The van der Waals surface area contributed by atoms with Crippen molar-refractivity contribution in [3.8, 4) is 0 Å². The van der Waals surface area contributed by atoms with E-state index in [4.69, 9.17) is 0 Å². The van der Waals surface area contributed by atoms with E-state index in [9.17, 15) is 10.1 Å². The van der Waals surface area contributed by atoms with E-state index < -0.39 is 4.92 Å². The standard InChI is InChI=1S/C9H8BrNO2/c1-7-2-3-9(10)6-8(7)4-5-11(12)13/h2-6H,1H3/b5-4+. The number of hydrogen-bond donors (Lipinski definition) is 0. The average molecular weight is 242 g/mol. The van der Waals surface area contributed by atoms with Crippen LogP contribution in [0.1, 0.15) is 11.1 Å². The second-order valence-corrected chi connectivity index (χ2v) is 3.52. The summed E-state index contributed by atoms with van der Waals surface area (Å²) in [5.74, 6) is 0. The summed E-state index contributed by atoms with van der Waals surface area (Å²) in [4.78, 5) is 9.60. The Morgan fingerprint density at radius 3 is 2.85 bits per heavy atom. The van der Waals surface area contributed by atoms with Gasteiger partial charge >= 0.3 is 0 Å². The molecule has 0 aliphatic rings. The first-order valence-electron chi connectivity index (χ1n) is 3.67. The van der Waals surface area contributed by atoms with Crippen LogP contribution in [0, 0.1) is 17.0 Å². The first kappa shape index (κ1) is 9.92. The highest BCUT2D eigenvalue weighted by Crippen LogP contribution is 2.17.